The summed E-state index contributed by atoms with van der Waals surface area (Å²) in [5, 5.41) is 2.65. The Morgan fingerprint density at radius 1 is 1.12 bits per heavy atom. The van der Waals surface area contributed by atoms with Crippen LogP contribution in [0.5, 0.6) is 0 Å². The van der Waals surface area contributed by atoms with Gasteiger partial charge < -0.3 is 19.7 Å². The number of unbranched alkanes of at least 4 members (excludes halogenated alkanes) is 1. The van der Waals surface area contributed by atoms with Gasteiger partial charge in [-0.25, -0.2) is 9.59 Å². The van der Waals surface area contributed by atoms with Crippen molar-refractivity contribution < 1.29 is 19.1 Å². The topological polar surface area (TPSA) is 67.9 Å². The SMILES string of the molecule is CN(C)CCCC[C@H](NC(=O)OC(C)(C)C)C(=O)OCc1ccccc1. The number of esters is 1. The zero-order chi connectivity index (χ0) is 19.6. The van der Waals surface area contributed by atoms with Crippen molar-refractivity contribution in [1.29, 1.82) is 0 Å². The number of carbonyl (C=O) groups excluding carboxylic acids is 2. The first kappa shape index (κ1) is 22.0. The van der Waals surface area contributed by atoms with Crippen LogP contribution in [0.3, 0.4) is 0 Å². The van der Waals surface area contributed by atoms with Crippen LogP contribution in [0.15, 0.2) is 30.3 Å². The average Bonchev–Trinajstić information content (AvgIpc) is 2.54. The van der Waals surface area contributed by atoms with Gasteiger partial charge in [-0.05, 0) is 66.2 Å². The van der Waals surface area contributed by atoms with Crippen LogP contribution in [0.25, 0.3) is 0 Å². The van der Waals surface area contributed by atoms with Crippen molar-refractivity contribution in [2.75, 3.05) is 20.6 Å². The maximum absolute atomic E-state index is 12.4. The molecule has 0 aliphatic rings. The fraction of sp³-hybridized carbons (Fsp3) is 0.600. The van der Waals surface area contributed by atoms with Crippen molar-refractivity contribution in [2.24, 2.45) is 0 Å². The lowest BCUT2D eigenvalue weighted by atomic mass is 10.1. The number of hydrogen-bond acceptors (Lipinski definition) is 5. The molecule has 1 aromatic carbocycles. The van der Waals surface area contributed by atoms with E-state index >= 15 is 0 Å². The molecule has 0 aromatic heterocycles. The summed E-state index contributed by atoms with van der Waals surface area (Å²) in [4.78, 5) is 26.6. The molecule has 1 N–H and O–H groups in total. The smallest absolute Gasteiger partial charge is 0.408 e. The highest BCUT2D eigenvalue weighted by atomic mass is 16.6. The zero-order valence-electron chi connectivity index (χ0n) is 16.6. The van der Waals surface area contributed by atoms with Crippen LogP contribution in [-0.4, -0.2) is 49.2 Å². The second-order valence-corrected chi connectivity index (χ2v) is 7.59. The largest absolute Gasteiger partial charge is 0.459 e. The molecule has 0 radical (unpaired) electrons. The third-order valence-electron chi connectivity index (χ3n) is 3.55. The lowest BCUT2D eigenvalue weighted by molar-refractivity contribution is -0.147. The van der Waals surface area contributed by atoms with Crippen LogP contribution in [0, 0.1) is 0 Å². The lowest BCUT2D eigenvalue weighted by Gasteiger charge is -2.23. The van der Waals surface area contributed by atoms with E-state index in [2.05, 4.69) is 10.2 Å². The monoisotopic (exact) mass is 364 g/mol. The second kappa shape index (κ2) is 10.8. The maximum Gasteiger partial charge on any atom is 0.408 e. The van der Waals surface area contributed by atoms with E-state index in [9.17, 15) is 9.59 Å². The van der Waals surface area contributed by atoms with Gasteiger partial charge in [0.25, 0.3) is 0 Å². The number of carbonyl (C=O) groups is 2. The van der Waals surface area contributed by atoms with Crippen molar-refractivity contribution in [1.82, 2.24) is 10.2 Å². The van der Waals surface area contributed by atoms with Crippen LogP contribution in [0.2, 0.25) is 0 Å². The van der Waals surface area contributed by atoms with Crippen molar-refractivity contribution in [3.05, 3.63) is 35.9 Å². The van der Waals surface area contributed by atoms with E-state index in [1.54, 1.807) is 20.8 Å². The molecule has 0 bridgehead atoms. The molecule has 0 heterocycles. The predicted molar refractivity (Wildman–Crippen MR) is 102 cm³/mol. The van der Waals surface area contributed by atoms with E-state index in [0.717, 1.165) is 24.9 Å². The Hall–Kier alpha value is -2.08. The van der Waals surface area contributed by atoms with E-state index in [0.29, 0.717) is 6.42 Å². The molecule has 6 heteroatoms. The highest BCUT2D eigenvalue weighted by Gasteiger charge is 2.25. The van der Waals surface area contributed by atoms with E-state index in [-0.39, 0.29) is 6.61 Å². The van der Waals surface area contributed by atoms with Gasteiger partial charge in [0.05, 0.1) is 0 Å². The summed E-state index contributed by atoms with van der Waals surface area (Å²) in [5.41, 5.74) is 0.289. The summed E-state index contributed by atoms with van der Waals surface area (Å²) in [6.45, 7) is 6.47. The molecule has 1 amide bonds. The van der Waals surface area contributed by atoms with Gasteiger partial charge in [0.2, 0.25) is 0 Å². The Kier molecular flexibility index (Phi) is 9.13. The van der Waals surface area contributed by atoms with Gasteiger partial charge in [0, 0.05) is 0 Å². The molecule has 26 heavy (non-hydrogen) atoms. The number of benzene rings is 1. The summed E-state index contributed by atoms with van der Waals surface area (Å²) < 4.78 is 10.6. The van der Waals surface area contributed by atoms with Crippen LogP contribution in [0.1, 0.15) is 45.6 Å². The molecule has 0 spiro atoms. The number of hydrogen-bond donors (Lipinski definition) is 1. The van der Waals surface area contributed by atoms with Gasteiger partial charge in [-0.15, -0.1) is 0 Å². The molecule has 1 aromatic rings. The van der Waals surface area contributed by atoms with E-state index in [1.165, 1.54) is 0 Å². The molecular formula is C20H32N2O4. The van der Waals surface area contributed by atoms with Crippen molar-refractivity contribution in [2.45, 2.75) is 58.3 Å². The maximum atomic E-state index is 12.4. The second-order valence-electron chi connectivity index (χ2n) is 7.59. The average molecular weight is 364 g/mol. The Labute approximate surface area is 156 Å². The summed E-state index contributed by atoms with van der Waals surface area (Å²) in [7, 11) is 4.01. The number of amides is 1. The summed E-state index contributed by atoms with van der Waals surface area (Å²) in [6, 6.07) is 8.75. The van der Waals surface area contributed by atoms with Gasteiger partial charge in [0.15, 0.2) is 0 Å². The van der Waals surface area contributed by atoms with Crippen LogP contribution >= 0.6 is 0 Å². The Balaban J connectivity index is 2.59. The number of ether oxygens (including phenoxy) is 2. The summed E-state index contributed by atoms with van der Waals surface area (Å²) >= 11 is 0. The zero-order valence-corrected chi connectivity index (χ0v) is 16.6. The molecular weight excluding hydrogens is 332 g/mol. The first-order chi connectivity index (χ1) is 12.2. The third kappa shape index (κ3) is 10.0. The molecule has 0 aliphatic heterocycles. The molecule has 0 fully saturated rings. The van der Waals surface area contributed by atoms with Gasteiger partial charge in [-0.1, -0.05) is 30.3 Å². The van der Waals surface area contributed by atoms with Gasteiger partial charge >= 0.3 is 12.1 Å². The van der Waals surface area contributed by atoms with E-state index in [4.69, 9.17) is 9.47 Å². The molecule has 0 saturated heterocycles. The van der Waals surface area contributed by atoms with E-state index in [1.807, 2.05) is 44.4 Å². The highest BCUT2D eigenvalue weighted by molar-refractivity contribution is 5.81. The first-order valence-corrected chi connectivity index (χ1v) is 9.02. The van der Waals surface area contributed by atoms with Gasteiger partial charge in [-0.2, -0.15) is 0 Å². The number of nitrogens with one attached hydrogen (secondary N) is 1. The molecule has 0 aliphatic carbocycles. The van der Waals surface area contributed by atoms with Crippen LogP contribution in [-0.2, 0) is 20.9 Å². The highest BCUT2D eigenvalue weighted by Crippen LogP contribution is 2.10. The third-order valence-corrected chi connectivity index (χ3v) is 3.55. The minimum atomic E-state index is -0.712. The molecule has 6 nitrogen and oxygen atoms in total. The predicted octanol–water partition coefficient (Wildman–Crippen LogP) is 3.36. The lowest BCUT2D eigenvalue weighted by Crippen LogP contribution is -2.44. The molecule has 0 saturated carbocycles. The summed E-state index contributed by atoms with van der Waals surface area (Å²) in [6.07, 6.45) is 1.65. The first-order valence-electron chi connectivity index (χ1n) is 9.02. The number of nitrogens with zero attached hydrogens (tertiary/aromatic N) is 1. The molecule has 1 rings (SSSR count). The summed E-state index contributed by atoms with van der Waals surface area (Å²) in [5.74, 6) is -0.440. The van der Waals surface area contributed by atoms with Crippen molar-refractivity contribution in [3.63, 3.8) is 0 Å². The Morgan fingerprint density at radius 3 is 2.35 bits per heavy atom. The van der Waals surface area contributed by atoms with Crippen LogP contribution in [0.4, 0.5) is 4.79 Å². The molecule has 0 unspecified atom stereocenters. The molecule has 146 valence electrons. The number of rotatable bonds is 9. The number of alkyl carbamates (subject to hydrolysis) is 1. The minimum absolute atomic E-state index is 0.184. The van der Waals surface area contributed by atoms with E-state index < -0.39 is 23.7 Å². The fourth-order valence-corrected chi connectivity index (χ4v) is 2.30. The van der Waals surface area contributed by atoms with Gasteiger partial charge in [0.1, 0.15) is 18.2 Å². The van der Waals surface area contributed by atoms with Crippen LogP contribution < -0.4 is 5.32 Å². The molecule has 1 atom stereocenters. The standard InChI is InChI=1S/C20H32N2O4/c1-20(2,3)26-19(24)21-17(13-9-10-14-22(4)5)18(23)25-15-16-11-7-6-8-12-16/h6-8,11-12,17H,9-10,13-15H2,1-5H3,(H,21,24)/t17-/m0/s1. The fourth-order valence-electron chi connectivity index (χ4n) is 2.30. The quantitative estimate of drug-likeness (QED) is 0.538. The normalized spacial score (nSPS) is 12.5. The van der Waals surface area contributed by atoms with Crippen molar-refractivity contribution in [3.8, 4) is 0 Å². The van der Waals surface area contributed by atoms with Crippen molar-refractivity contribution >= 4 is 12.1 Å². The Morgan fingerprint density at radius 2 is 1.77 bits per heavy atom. The Bertz CT molecular complexity index is 553. The minimum Gasteiger partial charge on any atom is -0.459 e. The van der Waals surface area contributed by atoms with Gasteiger partial charge in [-0.3, -0.25) is 0 Å².